The van der Waals surface area contributed by atoms with Gasteiger partial charge in [0.05, 0.1) is 7.11 Å². The van der Waals surface area contributed by atoms with E-state index in [-0.39, 0.29) is 15.8 Å². The molecule has 0 spiro atoms. The molecule has 0 heterocycles. The monoisotopic (exact) mass is 306 g/mol. The number of aromatic hydroxyl groups is 1. The largest absolute Gasteiger partial charge is 0.506 e. The smallest absolute Gasteiger partial charge is 0.145 e. The van der Waals surface area contributed by atoms with Crippen molar-refractivity contribution in [2.75, 3.05) is 7.11 Å². The summed E-state index contributed by atoms with van der Waals surface area (Å²) in [6.45, 7) is 0. The van der Waals surface area contributed by atoms with Crippen LogP contribution in [0.15, 0.2) is 36.4 Å². The van der Waals surface area contributed by atoms with E-state index in [9.17, 15) is 8.78 Å². The molecule has 0 atom stereocenters. The average Bonchev–Trinajstić information content (AvgIpc) is 2.40. The van der Waals surface area contributed by atoms with Gasteiger partial charge in [0, 0.05) is 0 Å². The van der Waals surface area contributed by atoms with E-state index < -0.39 is 11.6 Å². The molecule has 0 unspecified atom stereocenters. The van der Waals surface area contributed by atoms with Gasteiger partial charge >= 0.3 is 0 Å². The second-order valence-corrected chi connectivity index (χ2v) is 4.08. The molecular formula is C13H10Cl2F2O2. The highest BCUT2D eigenvalue weighted by molar-refractivity contribution is 6.32. The number of rotatable bonds is 1. The number of phenols is 1. The van der Waals surface area contributed by atoms with Crippen molar-refractivity contribution in [3.8, 4) is 11.5 Å². The minimum Gasteiger partial charge on any atom is -0.506 e. The van der Waals surface area contributed by atoms with Crippen LogP contribution in [0.5, 0.6) is 11.5 Å². The predicted molar refractivity (Wildman–Crippen MR) is 71.0 cm³/mol. The number of phenolic OH excluding ortho intramolecular Hbond substituents is 1. The van der Waals surface area contributed by atoms with Gasteiger partial charge in [0.15, 0.2) is 0 Å². The summed E-state index contributed by atoms with van der Waals surface area (Å²) in [7, 11) is 1.45. The van der Waals surface area contributed by atoms with E-state index in [2.05, 4.69) is 0 Å². The third-order valence-corrected chi connectivity index (χ3v) is 2.81. The van der Waals surface area contributed by atoms with Crippen molar-refractivity contribution in [3.05, 3.63) is 58.1 Å². The lowest BCUT2D eigenvalue weighted by molar-refractivity contribution is 0.411. The van der Waals surface area contributed by atoms with Crippen LogP contribution in [0.1, 0.15) is 0 Å². The van der Waals surface area contributed by atoms with Crippen LogP contribution >= 0.6 is 23.2 Å². The van der Waals surface area contributed by atoms with E-state index in [0.717, 1.165) is 0 Å². The molecule has 0 saturated carbocycles. The maximum atomic E-state index is 12.6. The predicted octanol–water partition coefficient (Wildman–Crippen LogP) is 4.67. The molecular weight excluding hydrogens is 297 g/mol. The van der Waals surface area contributed by atoms with Crippen molar-refractivity contribution in [2.24, 2.45) is 0 Å². The minimum absolute atomic E-state index is 0.0324. The summed E-state index contributed by atoms with van der Waals surface area (Å²) in [6, 6.07) is 8.32. The number of halogens is 4. The van der Waals surface area contributed by atoms with Crippen molar-refractivity contribution in [2.45, 2.75) is 0 Å². The van der Waals surface area contributed by atoms with Gasteiger partial charge in [-0.25, -0.2) is 8.78 Å². The first-order valence-corrected chi connectivity index (χ1v) is 5.84. The van der Waals surface area contributed by atoms with Crippen LogP contribution in [0.2, 0.25) is 10.0 Å². The Morgan fingerprint density at radius 1 is 0.947 bits per heavy atom. The molecule has 0 aromatic heterocycles. The van der Waals surface area contributed by atoms with Crippen LogP contribution in [0.3, 0.4) is 0 Å². The average molecular weight is 307 g/mol. The SMILES string of the molecule is COc1cccc(F)c1Cl.Oc1cccc(F)c1Cl. The highest BCUT2D eigenvalue weighted by Gasteiger charge is 2.03. The molecule has 102 valence electrons. The fourth-order valence-corrected chi connectivity index (χ4v) is 1.46. The molecule has 0 aliphatic rings. The summed E-state index contributed by atoms with van der Waals surface area (Å²) in [5, 5.41) is 8.54. The maximum absolute atomic E-state index is 12.6. The molecule has 0 saturated heterocycles. The molecule has 0 aliphatic heterocycles. The highest BCUT2D eigenvalue weighted by atomic mass is 35.5. The molecule has 2 aromatic rings. The standard InChI is InChI=1S/C7H6ClFO.C6H4ClFO/c1-10-6-4-2-3-5(9)7(6)8;7-6-4(8)2-1-3-5(6)9/h2-4H,1H3;1-3,9H. The zero-order valence-corrected chi connectivity index (χ0v) is 11.3. The van der Waals surface area contributed by atoms with E-state index in [0.29, 0.717) is 5.75 Å². The lowest BCUT2D eigenvalue weighted by Gasteiger charge is -2.00. The van der Waals surface area contributed by atoms with Crippen LogP contribution in [-0.4, -0.2) is 12.2 Å². The zero-order valence-electron chi connectivity index (χ0n) is 9.83. The van der Waals surface area contributed by atoms with Crippen molar-refractivity contribution in [3.63, 3.8) is 0 Å². The summed E-state index contributed by atoms with van der Waals surface area (Å²) >= 11 is 10.7. The summed E-state index contributed by atoms with van der Waals surface area (Å²) < 4.78 is 29.6. The fourth-order valence-electron chi connectivity index (χ4n) is 1.13. The van der Waals surface area contributed by atoms with Crippen molar-refractivity contribution >= 4 is 23.2 Å². The van der Waals surface area contributed by atoms with Gasteiger partial charge in [-0.2, -0.15) is 0 Å². The van der Waals surface area contributed by atoms with Gasteiger partial charge in [0.25, 0.3) is 0 Å². The molecule has 0 radical (unpaired) electrons. The summed E-state index contributed by atoms with van der Waals surface area (Å²) in [4.78, 5) is 0. The molecule has 0 aliphatic carbocycles. The maximum Gasteiger partial charge on any atom is 0.145 e. The molecule has 2 aromatic carbocycles. The van der Waals surface area contributed by atoms with Gasteiger partial charge in [0.2, 0.25) is 0 Å². The second-order valence-electron chi connectivity index (χ2n) is 3.33. The first kappa shape index (κ1) is 15.5. The van der Waals surface area contributed by atoms with E-state index >= 15 is 0 Å². The van der Waals surface area contributed by atoms with E-state index in [4.69, 9.17) is 33.0 Å². The number of ether oxygens (including phenoxy) is 1. The van der Waals surface area contributed by atoms with Gasteiger partial charge in [-0.15, -0.1) is 0 Å². The number of methoxy groups -OCH3 is 1. The summed E-state index contributed by atoms with van der Waals surface area (Å²) in [5.41, 5.74) is 0. The molecule has 2 rings (SSSR count). The Bertz CT molecular complexity index is 542. The molecule has 2 nitrogen and oxygen atoms in total. The Hall–Kier alpha value is -1.52. The Balaban J connectivity index is 0.000000191. The van der Waals surface area contributed by atoms with Crippen LogP contribution < -0.4 is 4.74 Å². The number of benzene rings is 2. The van der Waals surface area contributed by atoms with Crippen molar-refractivity contribution in [1.82, 2.24) is 0 Å². The molecule has 19 heavy (non-hydrogen) atoms. The Morgan fingerprint density at radius 2 is 1.47 bits per heavy atom. The van der Waals surface area contributed by atoms with Gasteiger partial charge < -0.3 is 9.84 Å². The van der Waals surface area contributed by atoms with Gasteiger partial charge in [-0.1, -0.05) is 35.3 Å². The lowest BCUT2D eigenvalue weighted by Crippen LogP contribution is -1.85. The zero-order chi connectivity index (χ0) is 14.4. The normalized spacial score (nSPS) is 9.53. The highest BCUT2D eigenvalue weighted by Crippen LogP contribution is 2.26. The quantitative estimate of drug-likeness (QED) is 0.829. The summed E-state index contributed by atoms with van der Waals surface area (Å²) in [6.07, 6.45) is 0. The van der Waals surface area contributed by atoms with Gasteiger partial charge in [-0.05, 0) is 24.3 Å². The van der Waals surface area contributed by atoms with E-state index in [1.807, 2.05) is 0 Å². The van der Waals surface area contributed by atoms with E-state index in [1.54, 1.807) is 12.1 Å². The first-order valence-electron chi connectivity index (χ1n) is 5.08. The van der Waals surface area contributed by atoms with E-state index in [1.165, 1.54) is 31.4 Å². The van der Waals surface area contributed by atoms with Crippen LogP contribution in [0.4, 0.5) is 8.78 Å². The van der Waals surface area contributed by atoms with Crippen LogP contribution in [0, 0.1) is 11.6 Å². The molecule has 1 N–H and O–H groups in total. The topological polar surface area (TPSA) is 29.5 Å². The van der Waals surface area contributed by atoms with Crippen molar-refractivity contribution < 1.29 is 18.6 Å². The third-order valence-electron chi connectivity index (χ3n) is 2.07. The Morgan fingerprint density at radius 3 is 1.89 bits per heavy atom. The van der Waals surface area contributed by atoms with Crippen LogP contribution in [0.25, 0.3) is 0 Å². The second kappa shape index (κ2) is 7.16. The summed E-state index contributed by atoms with van der Waals surface area (Å²) in [5.74, 6) is -0.920. The Kier molecular flexibility index (Phi) is 5.86. The van der Waals surface area contributed by atoms with Gasteiger partial charge in [-0.3, -0.25) is 0 Å². The van der Waals surface area contributed by atoms with Crippen molar-refractivity contribution in [1.29, 1.82) is 0 Å². The molecule has 6 heteroatoms. The third kappa shape index (κ3) is 4.26. The first-order chi connectivity index (χ1) is 8.97. The molecule has 0 fully saturated rings. The lowest BCUT2D eigenvalue weighted by atomic mass is 10.3. The molecule has 0 bridgehead atoms. The van der Waals surface area contributed by atoms with Gasteiger partial charge in [0.1, 0.15) is 33.2 Å². The van der Waals surface area contributed by atoms with Crippen LogP contribution in [-0.2, 0) is 0 Å². The fraction of sp³-hybridized carbons (Fsp3) is 0.0769. The Labute approximate surface area is 119 Å². The molecule has 0 amide bonds. The number of hydrogen-bond donors (Lipinski definition) is 1. The minimum atomic E-state index is -0.600. The number of hydrogen-bond acceptors (Lipinski definition) is 2.